The van der Waals surface area contributed by atoms with Gasteiger partial charge in [0.15, 0.2) is 0 Å². The molecule has 2 fully saturated rings. The molecule has 2 aliphatic rings. The maximum atomic E-state index is 4.34. The molecular weight excluding hydrogens is 260 g/mol. The molecule has 3 rings (SSSR count). The monoisotopic (exact) mass is 290 g/mol. The number of aromatic nitrogens is 2. The highest BCUT2D eigenvalue weighted by Crippen LogP contribution is 2.36. The molecule has 1 aliphatic heterocycles. The highest BCUT2D eigenvalue weighted by Gasteiger charge is 2.45. The van der Waals surface area contributed by atoms with E-state index in [0.29, 0.717) is 11.1 Å². The summed E-state index contributed by atoms with van der Waals surface area (Å²) in [5, 5.41) is 3.91. The van der Waals surface area contributed by atoms with Gasteiger partial charge in [-0.1, -0.05) is 19.8 Å². The van der Waals surface area contributed by atoms with Crippen LogP contribution in [0.4, 0.5) is 0 Å². The maximum Gasteiger partial charge on any atom is 0.105 e. The Labute approximate surface area is 128 Å². The highest BCUT2D eigenvalue weighted by atomic mass is 15.3. The number of piperazine rings is 1. The van der Waals surface area contributed by atoms with Crippen molar-refractivity contribution in [1.29, 1.82) is 0 Å². The fourth-order valence-electron chi connectivity index (χ4n) is 4.05. The van der Waals surface area contributed by atoms with Crippen LogP contribution in [-0.2, 0) is 6.54 Å². The van der Waals surface area contributed by atoms with Gasteiger partial charge in [0.05, 0.1) is 0 Å². The summed E-state index contributed by atoms with van der Waals surface area (Å²) in [6.45, 7) is 11.4. The molecule has 1 saturated heterocycles. The number of aryl methyl sites for hydroxylation is 1. The largest absolute Gasteiger partial charge is 0.334 e. The minimum atomic E-state index is 0.294. The van der Waals surface area contributed by atoms with Crippen LogP contribution in [0.2, 0.25) is 0 Å². The van der Waals surface area contributed by atoms with E-state index in [1.54, 1.807) is 0 Å². The third kappa shape index (κ3) is 2.88. The Morgan fingerprint density at radius 3 is 2.67 bits per heavy atom. The molecule has 1 aliphatic carbocycles. The lowest BCUT2D eigenvalue weighted by Gasteiger charge is -2.52. The van der Waals surface area contributed by atoms with E-state index in [-0.39, 0.29) is 0 Å². The standard InChI is InChI=1S/C17H30N4/c1-4-16(3)13-19-17(7-5-6-8-17)14-21(16)12-11-20-10-9-18-15(20)2/h9-10,19H,4-8,11-14H2,1-3H3. The molecule has 1 spiro atoms. The van der Waals surface area contributed by atoms with Crippen LogP contribution in [0.1, 0.15) is 51.8 Å². The lowest BCUT2D eigenvalue weighted by atomic mass is 9.85. The van der Waals surface area contributed by atoms with Crippen molar-refractivity contribution in [3.05, 3.63) is 18.2 Å². The zero-order valence-corrected chi connectivity index (χ0v) is 13.9. The van der Waals surface area contributed by atoms with E-state index < -0.39 is 0 Å². The molecule has 0 aromatic carbocycles. The summed E-state index contributed by atoms with van der Waals surface area (Å²) in [5.41, 5.74) is 0.695. The van der Waals surface area contributed by atoms with Crippen LogP contribution in [0.3, 0.4) is 0 Å². The molecule has 4 heteroatoms. The fraction of sp³-hybridized carbons (Fsp3) is 0.824. The SMILES string of the molecule is CCC1(C)CNC2(CCCC2)CN1CCn1ccnc1C. The smallest absolute Gasteiger partial charge is 0.105 e. The van der Waals surface area contributed by atoms with Gasteiger partial charge in [-0.25, -0.2) is 4.98 Å². The Balaban J connectivity index is 1.70. The molecule has 1 unspecified atom stereocenters. The minimum Gasteiger partial charge on any atom is -0.334 e. The molecule has 1 saturated carbocycles. The predicted molar refractivity (Wildman–Crippen MR) is 86.4 cm³/mol. The van der Waals surface area contributed by atoms with Gasteiger partial charge in [-0.05, 0) is 33.1 Å². The van der Waals surface area contributed by atoms with Crippen molar-refractivity contribution >= 4 is 0 Å². The second-order valence-corrected chi connectivity index (χ2v) is 7.28. The number of rotatable bonds is 4. The Hall–Kier alpha value is -0.870. The summed E-state index contributed by atoms with van der Waals surface area (Å²) in [4.78, 5) is 7.08. The Morgan fingerprint density at radius 1 is 1.29 bits per heavy atom. The maximum absolute atomic E-state index is 4.34. The molecule has 0 bridgehead atoms. The van der Waals surface area contributed by atoms with Crippen LogP contribution in [-0.4, -0.2) is 45.2 Å². The third-order valence-corrected chi connectivity index (χ3v) is 5.96. The number of nitrogens with zero attached hydrogens (tertiary/aromatic N) is 3. The van der Waals surface area contributed by atoms with Crippen molar-refractivity contribution in [3.8, 4) is 0 Å². The molecule has 0 amide bonds. The molecule has 21 heavy (non-hydrogen) atoms. The van der Waals surface area contributed by atoms with E-state index in [1.165, 1.54) is 38.6 Å². The van der Waals surface area contributed by atoms with Gasteiger partial charge in [0.25, 0.3) is 0 Å². The Bertz CT molecular complexity index is 475. The summed E-state index contributed by atoms with van der Waals surface area (Å²) in [6.07, 6.45) is 10.7. The summed E-state index contributed by atoms with van der Waals surface area (Å²) >= 11 is 0. The lowest BCUT2D eigenvalue weighted by Crippen LogP contribution is -2.68. The van der Waals surface area contributed by atoms with Crippen LogP contribution in [0, 0.1) is 6.92 Å². The molecule has 1 aromatic rings. The normalized spacial score (nSPS) is 29.3. The van der Waals surface area contributed by atoms with E-state index >= 15 is 0 Å². The fourth-order valence-corrected chi connectivity index (χ4v) is 4.05. The average molecular weight is 290 g/mol. The molecule has 1 aromatic heterocycles. The zero-order valence-electron chi connectivity index (χ0n) is 13.9. The lowest BCUT2D eigenvalue weighted by molar-refractivity contribution is 0.0118. The number of nitrogens with one attached hydrogen (secondary N) is 1. The molecule has 1 atom stereocenters. The molecular formula is C17H30N4. The molecule has 2 heterocycles. The van der Waals surface area contributed by atoms with E-state index in [4.69, 9.17) is 0 Å². The van der Waals surface area contributed by atoms with Crippen LogP contribution in [0.25, 0.3) is 0 Å². The van der Waals surface area contributed by atoms with Crippen molar-refractivity contribution in [2.24, 2.45) is 0 Å². The van der Waals surface area contributed by atoms with Gasteiger partial charge in [0.1, 0.15) is 5.82 Å². The second kappa shape index (κ2) is 5.73. The number of hydrogen-bond acceptors (Lipinski definition) is 3. The Kier molecular flexibility index (Phi) is 4.10. The summed E-state index contributed by atoms with van der Waals surface area (Å²) in [5.74, 6) is 1.12. The average Bonchev–Trinajstić information content (AvgIpc) is 3.10. The van der Waals surface area contributed by atoms with E-state index in [9.17, 15) is 0 Å². The molecule has 0 radical (unpaired) electrons. The summed E-state index contributed by atoms with van der Waals surface area (Å²) < 4.78 is 2.28. The van der Waals surface area contributed by atoms with Gasteiger partial charge < -0.3 is 9.88 Å². The van der Waals surface area contributed by atoms with Gasteiger partial charge in [-0.3, -0.25) is 4.90 Å². The molecule has 1 N–H and O–H groups in total. The van der Waals surface area contributed by atoms with Gasteiger partial charge in [0.2, 0.25) is 0 Å². The van der Waals surface area contributed by atoms with Gasteiger partial charge in [-0.2, -0.15) is 0 Å². The minimum absolute atomic E-state index is 0.294. The van der Waals surface area contributed by atoms with Crippen LogP contribution in [0.5, 0.6) is 0 Å². The first-order chi connectivity index (χ1) is 10.1. The zero-order chi connectivity index (χ0) is 14.9. The van der Waals surface area contributed by atoms with Gasteiger partial charge in [-0.15, -0.1) is 0 Å². The molecule has 118 valence electrons. The number of imidazole rings is 1. The van der Waals surface area contributed by atoms with Crippen molar-refractivity contribution in [3.63, 3.8) is 0 Å². The summed E-state index contributed by atoms with van der Waals surface area (Å²) in [6, 6.07) is 0. The van der Waals surface area contributed by atoms with E-state index in [2.05, 4.69) is 46.7 Å². The van der Waals surface area contributed by atoms with Crippen molar-refractivity contribution in [2.45, 2.75) is 70.5 Å². The first-order valence-electron chi connectivity index (χ1n) is 8.55. The quantitative estimate of drug-likeness (QED) is 0.925. The van der Waals surface area contributed by atoms with Crippen molar-refractivity contribution in [2.75, 3.05) is 19.6 Å². The summed E-state index contributed by atoms with van der Waals surface area (Å²) in [7, 11) is 0. The van der Waals surface area contributed by atoms with Crippen molar-refractivity contribution in [1.82, 2.24) is 19.8 Å². The van der Waals surface area contributed by atoms with E-state index in [0.717, 1.165) is 25.5 Å². The second-order valence-electron chi connectivity index (χ2n) is 7.28. The number of hydrogen-bond donors (Lipinski definition) is 1. The molecule has 4 nitrogen and oxygen atoms in total. The Morgan fingerprint density at radius 2 is 2.05 bits per heavy atom. The van der Waals surface area contributed by atoms with Crippen LogP contribution in [0.15, 0.2) is 12.4 Å². The predicted octanol–water partition coefficient (Wildman–Crippen LogP) is 2.58. The van der Waals surface area contributed by atoms with Gasteiger partial charge in [0, 0.05) is 49.7 Å². The topological polar surface area (TPSA) is 33.1 Å². The third-order valence-electron chi connectivity index (χ3n) is 5.96. The van der Waals surface area contributed by atoms with Crippen LogP contribution < -0.4 is 5.32 Å². The van der Waals surface area contributed by atoms with Gasteiger partial charge >= 0.3 is 0 Å². The first-order valence-corrected chi connectivity index (χ1v) is 8.55. The van der Waals surface area contributed by atoms with E-state index in [1.807, 2.05) is 6.20 Å². The highest BCUT2D eigenvalue weighted by molar-refractivity contribution is 5.05. The van der Waals surface area contributed by atoms with Crippen LogP contribution >= 0.6 is 0 Å². The van der Waals surface area contributed by atoms with Crippen molar-refractivity contribution < 1.29 is 0 Å². The first kappa shape index (κ1) is 15.0.